The molecule has 112 valence electrons. The van der Waals surface area contributed by atoms with Crippen molar-refractivity contribution < 1.29 is 15.0 Å². The number of benzene rings is 1. The Kier molecular flexibility index (Phi) is 7.13. The smallest absolute Gasteiger partial charge is 0.303 e. The van der Waals surface area contributed by atoms with Gasteiger partial charge in [0.15, 0.2) is 0 Å². The molecule has 3 nitrogen and oxygen atoms in total. The molecule has 0 unspecified atom stereocenters. The Labute approximate surface area is 121 Å². The van der Waals surface area contributed by atoms with Gasteiger partial charge in [0.05, 0.1) is 0 Å². The molecule has 0 atom stereocenters. The summed E-state index contributed by atoms with van der Waals surface area (Å²) >= 11 is 0. The zero-order valence-corrected chi connectivity index (χ0v) is 12.6. The van der Waals surface area contributed by atoms with E-state index in [0.29, 0.717) is 12.2 Å². The molecule has 1 aromatic rings. The van der Waals surface area contributed by atoms with Crippen molar-refractivity contribution in [1.82, 2.24) is 0 Å². The largest absolute Gasteiger partial charge is 0.508 e. The molecule has 0 heterocycles. The van der Waals surface area contributed by atoms with Crippen molar-refractivity contribution in [3.05, 3.63) is 28.8 Å². The normalized spacial score (nSPS) is 10.7. The van der Waals surface area contributed by atoms with Crippen LogP contribution in [0.2, 0.25) is 0 Å². The van der Waals surface area contributed by atoms with Gasteiger partial charge in [-0.25, -0.2) is 0 Å². The summed E-state index contributed by atoms with van der Waals surface area (Å²) in [5, 5.41) is 19.0. The van der Waals surface area contributed by atoms with Gasteiger partial charge in [-0.05, 0) is 54.9 Å². The second kappa shape index (κ2) is 8.62. The Balaban J connectivity index is 2.95. The zero-order chi connectivity index (χ0) is 15.0. The van der Waals surface area contributed by atoms with E-state index < -0.39 is 5.97 Å². The lowest BCUT2D eigenvalue weighted by Crippen LogP contribution is -2.02. The maximum atomic E-state index is 10.8. The first-order valence-electron chi connectivity index (χ1n) is 7.63. The molecule has 3 heteroatoms. The van der Waals surface area contributed by atoms with Crippen LogP contribution in [0, 0.1) is 0 Å². The fourth-order valence-corrected chi connectivity index (χ4v) is 2.37. The van der Waals surface area contributed by atoms with E-state index in [4.69, 9.17) is 5.11 Å². The predicted molar refractivity (Wildman–Crippen MR) is 81.3 cm³/mol. The van der Waals surface area contributed by atoms with Crippen molar-refractivity contribution in [2.75, 3.05) is 0 Å². The molecule has 0 aliphatic heterocycles. The van der Waals surface area contributed by atoms with Crippen molar-refractivity contribution in [2.45, 2.75) is 65.2 Å². The number of aliphatic carboxylic acids is 1. The number of hydrogen-bond acceptors (Lipinski definition) is 2. The van der Waals surface area contributed by atoms with Gasteiger partial charge >= 0.3 is 5.97 Å². The monoisotopic (exact) mass is 278 g/mol. The molecule has 0 spiro atoms. The summed E-state index contributed by atoms with van der Waals surface area (Å²) in [6.45, 7) is 4.25. The number of aromatic hydroxyl groups is 1. The first-order chi connectivity index (χ1) is 9.58. The first-order valence-corrected chi connectivity index (χ1v) is 7.63. The molecule has 0 amide bonds. The van der Waals surface area contributed by atoms with Gasteiger partial charge in [-0.2, -0.15) is 0 Å². The maximum Gasteiger partial charge on any atom is 0.303 e. The Morgan fingerprint density at radius 2 is 1.50 bits per heavy atom. The average Bonchev–Trinajstić information content (AvgIpc) is 2.42. The van der Waals surface area contributed by atoms with Crippen LogP contribution in [-0.2, 0) is 24.1 Å². The van der Waals surface area contributed by atoms with E-state index in [9.17, 15) is 9.90 Å². The number of carbonyl (C=O) groups is 1. The second-order valence-electron chi connectivity index (χ2n) is 5.35. The fraction of sp³-hybridized carbons (Fsp3) is 0.588. The summed E-state index contributed by atoms with van der Waals surface area (Å²) in [5.41, 5.74) is 3.14. The maximum absolute atomic E-state index is 10.8. The Morgan fingerprint density at radius 1 is 0.950 bits per heavy atom. The van der Waals surface area contributed by atoms with Crippen LogP contribution in [0.15, 0.2) is 12.1 Å². The molecular formula is C17H26O3. The molecule has 0 fully saturated rings. The standard InChI is InChI=1S/C17H26O3/c1-3-5-7-13-12-16(18)15(8-6-4-2)11-14(13)9-10-17(19)20/h11-12,18H,3-10H2,1-2H3,(H,19,20). The van der Waals surface area contributed by atoms with Gasteiger partial charge in [-0.3, -0.25) is 4.79 Å². The van der Waals surface area contributed by atoms with Crippen molar-refractivity contribution in [1.29, 1.82) is 0 Å². The number of carboxylic acids is 1. The lowest BCUT2D eigenvalue weighted by atomic mass is 9.94. The minimum atomic E-state index is -0.769. The highest BCUT2D eigenvalue weighted by Gasteiger charge is 2.10. The van der Waals surface area contributed by atoms with Crippen molar-refractivity contribution >= 4 is 5.97 Å². The van der Waals surface area contributed by atoms with Crippen LogP contribution in [0.25, 0.3) is 0 Å². The number of hydrogen-bond donors (Lipinski definition) is 2. The average molecular weight is 278 g/mol. The molecule has 0 aliphatic carbocycles. The molecule has 2 N–H and O–H groups in total. The van der Waals surface area contributed by atoms with Crippen molar-refractivity contribution in [3.63, 3.8) is 0 Å². The number of phenols is 1. The molecule has 1 aromatic carbocycles. The lowest BCUT2D eigenvalue weighted by Gasteiger charge is -2.13. The Bertz CT molecular complexity index is 438. The minimum Gasteiger partial charge on any atom is -0.508 e. The first kappa shape index (κ1) is 16.5. The number of unbranched alkanes of at least 4 members (excludes halogenated alkanes) is 2. The Morgan fingerprint density at radius 3 is 2.05 bits per heavy atom. The third-order valence-electron chi connectivity index (χ3n) is 3.61. The van der Waals surface area contributed by atoms with Crippen molar-refractivity contribution in [2.24, 2.45) is 0 Å². The number of aryl methyl sites for hydroxylation is 3. The van der Waals surface area contributed by atoms with Crippen LogP contribution in [-0.4, -0.2) is 16.2 Å². The summed E-state index contributed by atoms with van der Waals surface area (Å²) in [4.78, 5) is 10.8. The summed E-state index contributed by atoms with van der Waals surface area (Å²) in [6, 6.07) is 3.86. The van der Waals surface area contributed by atoms with E-state index in [1.807, 2.05) is 12.1 Å². The second-order valence-corrected chi connectivity index (χ2v) is 5.35. The van der Waals surface area contributed by atoms with Gasteiger partial charge < -0.3 is 10.2 Å². The van der Waals surface area contributed by atoms with Gasteiger partial charge in [-0.15, -0.1) is 0 Å². The SMILES string of the molecule is CCCCc1cc(CCC(=O)O)c(CCCC)cc1O. The molecule has 20 heavy (non-hydrogen) atoms. The van der Waals surface area contributed by atoms with Gasteiger partial charge in [0.2, 0.25) is 0 Å². The molecular weight excluding hydrogens is 252 g/mol. The van der Waals surface area contributed by atoms with Gasteiger partial charge in [0.25, 0.3) is 0 Å². The fourth-order valence-electron chi connectivity index (χ4n) is 2.37. The number of phenolic OH excluding ortho intramolecular Hbond substituents is 1. The summed E-state index contributed by atoms with van der Waals surface area (Å²) in [7, 11) is 0. The van der Waals surface area contributed by atoms with Gasteiger partial charge in [0, 0.05) is 6.42 Å². The highest BCUT2D eigenvalue weighted by molar-refractivity contribution is 5.67. The highest BCUT2D eigenvalue weighted by Crippen LogP contribution is 2.26. The summed E-state index contributed by atoms with van der Waals surface area (Å²) in [5.74, 6) is -0.404. The van der Waals surface area contributed by atoms with Crippen LogP contribution < -0.4 is 0 Å². The van der Waals surface area contributed by atoms with E-state index in [0.717, 1.165) is 55.2 Å². The third-order valence-corrected chi connectivity index (χ3v) is 3.61. The van der Waals surface area contributed by atoms with Gasteiger partial charge in [0.1, 0.15) is 5.75 Å². The highest BCUT2D eigenvalue weighted by atomic mass is 16.4. The van der Waals surface area contributed by atoms with E-state index in [1.54, 1.807) is 0 Å². The molecule has 0 aliphatic rings. The Hall–Kier alpha value is -1.51. The predicted octanol–water partition coefficient (Wildman–Crippen LogP) is 4.09. The summed E-state index contributed by atoms with van der Waals surface area (Å²) < 4.78 is 0. The minimum absolute atomic E-state index is 0.150. The number of rotatable bonds is 9. The van der Waals surface area contributed by atoms with Crippen LogP contribution in [0.3, 0.4) is 0 Å². The lowest BCUT2D eigenvalue weighted by molar-refractivity contribution is -0.136. The topological polar surface area (TPSA) is 57.5 Å². The van der Waals surface area contributed by atoms with Crippen LogP contribution in [0.1, 0.15) is 62.6 Å². The van der Waals surface area contributed by atoms with Crippen LogP contribution in [0.5, 0.6) is 5.75 Å². The molecule has 0 radical (unpaired) electrons. The van der Waals surface area contributed by atoms with E-state index in [-0.39, 0.29) is 6.42 Å². The van der Waals surface area contributed by atoms with E-state index >= 15 is 0 Å². The summed E-state index contributed by atoms with van der Waals surface area (Å²) in [6.07, 6.45) is 6.75. The van der Waals surface area contributed by atoms with E-state index in [1.165, 1.54) is 0 Å². The molecule has 0 bridgehead atoms. The molecule has 0 aromatic heterocycles. The zero-order valence-electron chi connectivity index (χ0n) is 12.6. The molecule has 0 saturated heterocycles. The molecule has 1 rings (SSSR count). The molecule has 0 saturated carbocycles. The van der Waals surface area contributed by atoms with Crippen molar-refractivity contribution in [3.8, 4) is 5.75 Å². The van der Waals surface area contributed by atoms with Gasteiger partial charge in [-0.1, -0.05) is 32.8 Å². The number of carboxylic acid groups (broad SMARTS) is 1. The third kappa shape index (κ3) is 5.24. The van der Waals surface area contributed by atoms with Crippen LogP contribution in [0.4, 0.5) is 0 Å². The van der Waals surface area contributed by atoms with Crippen LogP contribution >= 0.6 is 0 Å². The van der Waals surface area contributed by atoms with E-state index in [2.05, 4.69) is 13.8 Å². The quantitative estimate of drug-likeness (QED) is 0.715.